The molecule has 3 fully saturated rings. The highest BCUT2D eigenvalue weighted by Gasteiger charge is 2.32. The molecule has 0 aliphatic carbocycles. The maximum Gasteiger partial charge on any atom is 0.308 e. The van der Waals surface area contributed by atoms with Crippen LogP contribution in [0.25, 0.3) is 0 Å². The van der Waals surface area contributed by atoms with Gasteiger partial charge in [-0.1, -0.05) is 0 Å². The minimum absolute atomic E-state index is 0.0185. The van der Waals surface area contributed by atoms with Crippen molar-refractivity contribution in [2.24, 2.45) is 0 Å². The van der Waals surface area contributed by atoms with Crippen LogP contribution in [0.3, 0.4) is 0 Å². The van der Waals surface area contributed by atoms with Crippen molar-refractivity contribution in [3.8, 4) is 0 Å². The van der Waals surface area contributed by atoms with Crippen molar-refractivity contribution in [2.75, 3.05) is 39.5 Å². The highest BCUT2D eigenvalue weighted by atomic mass is 16.6. The van der Waals surface area contributed by atoms with E-state index in [0.29, 0.717) is 26.2 Å². The average Bonchev–Trinajstić information content (AvgIpc) is 3.23. The quantitative estimate of drug-likeness (QED) is 0.697. The molecular weight excluding hydrogens is 300 g/mol. The van der Waals surface area contributed by atoms with Gasteiger partial charge in [0, 0.05) is 32.8 Å². The summed E-state index contributed by atoms with van der Waals surface area (Å²) in [6.45, 7) is 3.80. The molecule has 3 saturated heterocycles. The zero-order valence-corrected chi connectivity index (χ0v) is 13.5. The predicted molar refractivity (Wildman–Crippen MR) is 81.9 cm³/mol. The van der Waals surface area contributed by atoms with Crippen molar-refractivity contribution < 1.29 is 23.8 Å². The van der Waals surface area contributed by atoms with Crippen molar-refractivity contribution in [1.82, 2.24) is 10.2 Å². The Morgan fingerprint density at radius 2 is 1.96 bits per heavy atom. The molecule has 0 bridgehead atoms. The first-order valence-electron chi connectivity index (χ1n) is 8.63. The summed E-state index contributed by atoms with van der Waals surface area (Å²) in [5.41, 5.74) is 0. The first-order chi connectivity index (χ1) is 11.2. The number of carbonyl (C=O) groups is 2. The van der Waals surface area contributed by atoms with Crippen LogP contribution in [0.5, 0.6) is 0 Å². The van der Waals surface area contributed by atoms with Crippen LogP contribution in [0, 0.1) is 0 Å². The van der Waals surface area contributed by atoms with Crippen LogP contribution in [0.15, 0.2) is 0 Å². The van der Waals surface area contributed by atoms with Crippen LogP contribution in [0.1, 0.15) is 32.1 Å². The third kappa shape index (κ3) is 4.65. The summed E-state index contributed by atoms with van der Waals surface area (Å²) < 4.78 is 16.3. The molecule has 130 valence electrons. The Morgan fingerprint density at radius 3 is 2.65 bits per heavy atom. The van der Waals surface area contributed by atoms with Gasteiger partial charge >= 0.3 is 5.97 Å². The molecule has 7 nitrogen and oxygen atoms in total. The van der Waals surface area contributed by atoms with E-state index in [0.717, 1.165) is 38.9 Å². The maximum absolute atomic E-state index is 12.5. The number of nitrogens with one attached hydrogen (secondary N) is 1. The summed E-state index contributed by atoms with van der Waals surface area (Å²) in [6.07, 6.45) is 4.25. The highest BCUT2D eigenvalue weighted by Crippen LogP contribution is 2.16. The Labute approximate surface area is 136 Å². The third-order valence-electron chi connectivity index (χ3n) is 4.66. The molecule has 3 unspecified atom stereocenters. The third-order valence-corrected chi connectivity index (χ3v) is 4.66. The SMILES string of the molecule is O=C(CC1NCCN(CC2CCCO2)C1=O)OCC1CCCO1. The second-order valence-electron chi connectivity index (χ2n) is 6.45. The number of piperazine rings is 1. The van der Waals surface area contributed by atoms with Crippen molar-refractivity contribution in [3.05, 3.63) is 0 Å². The average molecular weight is 326 g/mol. The van der Waals surface area contributed by atoms with Gasteiger partial charge in [0.1, 0.15) is 6.61 Å². The van der Waals surface area contributed by atoms with E-state index in [1.165, 1.54) is 0 Å². The lowest BCUT2D eigenvalue weighted by Gasteiger charge is -2.34. The smallest absolute Gasteiger partial charge is 0.308 e. The number of rotatable bonds is 6. The molecule has 3 rings (SSSR count). The first kappa shape index (κ1) is 16.7. The van der Waals surface area contributed by atoms with E-state index in [-0.39, 0.29) is 30.5 Å². The summed E-state index contributed by atoms with van der Waals surface area (Å²) >= 11 is 0. The molecule has 0 aromatic rings. The van der Waals surface area contributed by atoms with Crippen LogP contribution in [0.2, 0.25) is 0 Å². The fourth-order valence-corrected chi connectivity index (χ4v) is 3.35. The van der Waals surface area contributed by atoms with Crippen molar-refractivity contribution in [2.45, 2.75) is 50.4 Å². The molecule has 1 amide bonds. The molecular formula is C16H26N2O5. The van der Waals surface area contributed by atoms with E-state index < -0.39 is 6.04 Å². The monoisotopic (exact) mass is 326 g/mol. The summed E-state index contributed by atoms with van der Waals surface area (Å²) in [7, 11) is 0. The van der Waals surface area contributed by atoms with Crippen LogP contribution < -0.4 is 5.32 Å². The van der Waals surface area contributed by atoms with Crippen LogP contribution in [-0.4, -0.2) is 74.5 Å². The van der Waals surface area contributed by atoms with Gasteiger partial charge in [0.05, 0.1) is 24.7 Å². The van der Waals surface area contributed by atoms with E-state index in [9.17, 15) is 9.59 Å². The fraction of sp³-hybridized carbons (Fsp3) is 0.875. The van der Waals surface area contributed by atoms with Crippen molar-refractivity contribution >= 4 is 11.9 Å². The van der Waals surface area contributed by atoms with E-state index in [2.05, 4.69) is 5.32 Å². The number of nitrogens with zero attached hydrogens (tertiary/aromatic N) is 1. The van der Waals surface area contributed by atoms with E-state index in [1.807, 2.05) is 4.90 Å². The summed E-state index contributed by atoms with van der Waals surface area (Å²) in [5.74, 6) is -0.369. The second kappa shape index (κ2) is 8.08. The lowest BCUT2D eigenvalue weighted by atomic mass is 10.1. The fourth-order valence-electron chi connectivity index (χ4n) is 3.35. The molecule has 3 aliphatic heterocycles. The Morgan fingerprint density at radius 1 is 1.22 bits per heavy atom. The molecule has 7 heteroatoms. The van der Waals surface area contributed by atoms with E-state index in [1.54, 1.807) is 0 Å². The summed E-state index contributed by atoms with van der Waals surface area (Å²) in [5, 5.41) is 3.12. The zero-order valence-electron chi connectivity index (χ0n) is 13.5. The minimum Gasteiger partial charge on any atom is -0.463 e. The minimum atomic E-state index is -0.484. The number of amides is 1. The van der Waals surface area contributed by atoms with Gasteiger partial charge in [-0.15, -0.1) is 0 Å². The number of carbonyl (C=O) groups excluding carboxylic acids is 2. The number of hydrogen-bond donors (Lipinski definition) is 1. The van der Waals surface area contributed by atoms with Crippen LogP contribution in [-0.2, 0) is 23.8 Å². The normalized spacial score (nSPS) is 31.6. The molecule has 0 aromatic carbocycles. The molecule has 0 radical (unpaired) electrons. The van der Waals surface area contributed by atoms with Crippen LogP contribution in [0.4, 0.5) is 0 Å². The Balaban J connectivity index is 1.42. The van der Waals surface area contributed by atoms with E-state index >= 15 is 0 Å². The molecule has 3 atom stereocenters. The highest BCUT2D eigenvalue weighted by molar-refractivity contribution is 5.87. The lowest BCUT2D eigenvalue weighted by molar-refractivity contribution is -0.151. The number of hydrogen-bond acceptors (Lipinski definition) is 6. The lowest BCUT2D eigenvalue weighted by Crippen LogP contribution is -2.57. The molecule has 3 heterocycles. The standard InChI is InChI=1S/C16H26N2O5/c19-15(23-11-13-4-2-8-22-13)9-14-16(20)18(6-5-17-14)10-12-3-1-7-21-12/h12-14,17H,1-11H2. The van der Waals surface area contributed by atoms with Gasteiger partial charge in [0.2, 0.25) is 5.91 Å². The van der Waals surface area contributed by atoms with E-state index in [4.69, 9.17) is 14.2 Å². The van der Waals surface area contributed by atoms with Gasteiger partial charge in [0.25, 0.3) is 0 Å². The summed E-state index contributed by atoms with van der Waals surface area (Å²) in [4.78, 5) is 26.2. The Hall–Kier alpha value is -1.18. The maximum atomic E-state index is 12.5. The summed E-state index contributed by atoms with van der Waals surface area (Å²) in [6, 6.07) is -0.484. The van der Waals surface area contributed by atoms with Crippen LogP contribution >= 0.6 is 0 Å². The van der Waals surface area contributed by atoms with Gasteiger partial charge in [0.15, 0.2) is 0 Å². The Bertz CT molecular complexity index is 419. The molecule has 1 N–H and O–H groups in total. The zero-order chi connectivity index (χ0) is 16.1. The predicted octanol–water partition coefficient (Wildman–Crippen LogP) is 0.0781. The molecule has 0 aromatic heterocycles. The molecule has 3 aliphatic rings. The number of ether oxygens (including phenoxy) is 3. The topological polar surface area (TPSA) is 77.1 Å². The largest absolute Gasteiger partial charge is 0.463 e. The van der Waals surface area contributed by atoms with Gasteiger partial charge in [-0.25, -0.2) is 0 Å². The second-order valence-corrected chi connectivity index (χ2v) is 6.45. The molecule has 0 spiro atoms. The Kier molecular flexibility index (Phi) is 5.85. The van der Waals surface area contributed by atoms with Gasteiger partial charge in [-0.05, 0) is 25.7 Å². The van der Waals surface area contributed by atoms with Gasteiger partial charge in [-0.2, -0.15) is 0 Å². The molecule has 0 saturated carbocycles. The first-order valence-corrected chi connectivity index (χ1v) is 8.63. The molecule has 23 heavy (non-hydrogen) atoms. The van der Waals surface area contributed by atoms with Gasteiger partial charge < -0.3 is 24.4 Å². The van der Waals surface area contributed by atoms with Gasteiger partial charge in [-0.3, -0.25) is 9.59 Å². The number of esters is 1. The van der Waals surface area contributed by atoms with Crippen molar-refractivity contribution in [1.29, 1.82) is 0 Å². The van der Waals surface area contributed by atoms with Crippen molar-refractivity contribution in [3.63, 3.8) is 0 Å².